The van der Waals surface area contributed by atoms with E-state index in [1.807, 2.05) is 112 Å². The third-order valence-corrected chi connectivity index (χ3v) is 8.98. The van der Waals surface area contributed by atoms with E-state index in [1.54, 1.807) is 0 Å². The quantitative estimate of drug-likeness (QED) is 0.119. The Kier molecular flexibility index (Phi) is 10.1. The lowest BCUT2D eigenvalue weighted by Gasteiger charge is -2.07. The van der Waals surface area contributed by atoms with Gasteiger partial charge in [-0.3, -0.25) is 4.99 Å². The molecule has 254 valence electrons. The molecule has 3 aromatic heterocycles. The van der Waals surface area contributed by atoms with Gasteiger partial charge in [-0.05, 0) is 82.1 Å². The highest BCUT2D eigenvalue weighted by Gasteiger charge is 2.19. The second kappa shape index (κ2) is 15.5. The van der Waals surface area contributed by atoms with Crippen molar-refractivity contribution in [2.75, 3.05) is 0 Å². The molecule has 52 heavy (non-hydrogen) atoms. The van der Waals surface area contributed by atoms with Gasteiger partial charge < -0.3 is 13.4 Å². The summed E-state index contributed by atoms with van der Waals surface area (Å²) in [6.45, 7) is 9.76. The van der Waals surface area contributed by atoms with Crippen molar-refractivity contribution < 1.29 is 8.83 Å². The molecule has 0 aliphatic rings. The van der Waals surface area contributed by atoms with Crippen LogP contribution in [0.5, 0.6) is 0 Å². The van der Waals surface area contributed by atoms with E-state index in [4.69, 9.17) is 8.83 Å². The van der Waals surface area contributed by atoms with E-state index in [2.05, 4.69) is 101 Å². The molecule has 0 N–H and O–H groups in total. The van der Waals surface area contributed by atoms with Gasteiger partial charge in [0.25, 0.3) is 0 Å². The summed E-state index contributed by atoms with van der Waals surface area (Å²) < 4.78 is 15.3. The van der Waals surface area contributed by atoms with Crippen LogP contribution in [0.2, 0.25) is 0 Å². The molecule has 0 saturated heterocycles. The van der Waals surface area contributed by atoms with Crippen LogP contribution in [-0.4, -0.2) is 11.3 Å². The molecule has 4 nitrogen and oxygen atoms in total. The number of furan rings is 2. The van der Waals surface area contributed by atoms with Crippen LogP contribution in [0.15, 0.2) is 178 Å². The summed E-state index contributed by atoms with van der Waals surface area (Å²) in [7, 11) is 0. The summed E-state index contributed by atoms with van der Waals surface area (Å²) in [6, 6.07) is 37.8. The zero-order chi connectivity index (χ0) is 35.9. The van der Waals surface area contributed by atoms with Gasteiger partial charge in [-0.2, -0.15) is 0 Å². The van der Waals surface area contributed by atoms with Crippen molar-refractivity contribution in [3.8, 4) is 5.69 Å². The maximum absolute atomic E-state index is 6.52. The number of aromatic nitrogens is 1. The fourth-order valence-corrected chi connectivity index (χ4v) is 6.64. The Hall–Kier alpha value is -6.65. The number of benzene rings is 5. The number of hydrogen-bond donors (Lipinski definition) is 0. The zero-order valence-corrected chi connectivity index (χ0v) is 29.7. The molecule has 4 heteroatoms. The lowest BCUT2D eigenvalue weighted by Crippen LogP contribution is -1.93. The highest BCUT2D eigenvalue weighted by Crippen LogP contribution is 2.40. The van der Waals surface area contributed by atoms with E-state index < -0.39 is 0 Å². The Bertz CT molecular complexity index is 2650. The average Bonchev–Trinajstić information content (AvgIpc) is 3.85. The summed E-state index contributed by atoms with van der Waals surface area (Å²) in [4.78, 5) is 4.21. The molecule has 8 aromatic rings. The molecule has 0 radical (unpaired) electrons. The van der Waals surface area contributed by atoms with Crippen LogP contribution in [-0.2, 0) is 0 Å². The lowest BCUT2D eigenvalue weighted by atomic mass is 10.1. The van der Waals surface area contributed by atoms with Crippen LogP contribution in [0.1, 0.15) is 37.7 Å². The summed E-state index contributed by atoms with van der Waals surface area (Å²) in [5, 5.41) is 5.56. The number of allylic oxidation sites excluding steroid dienone is 9. The summed E-state index contributed by atoms with van der Waals surface area (Å²) in [5.41, 5.74) is 8.57. The standard InChI is InChI=1S/C40H28N2O2.C8H12/c1-3-12-30-31-22-23-32-33-25-27(42-35-18-9-7-15-28(35)29-16-8-10-19-36(29)42)21-24-38(33)44-40(32)39(31)43-37(30)20-11-17-34(41-2)26-13-5-4-6-14-26;1-3-5-7-8-6-4-2/h3-25H,2H2,1H3;3-8H,1-2H3/b12-3+,20-11-,34-17-;5-3-,6-4+,8-7-. The monoisotopic (exact) mass is 676 g/mol. The molecule has 0 unspecified atom stereocenters. The minimum atomic E-state index is 0.735. The van der Waals surface area contributed by atoms with Crippen LogP contribution in [0.4, 0.5) is 0 Å². The first-order valence-corrected chi connectivity index (χ1v) is 17.5. The van der Waals surface area contributed by atoms with Gasteiger partial charge in [0.05, 0.1) is 16.7 Å². The molecule has 0 spiro atoms. The molecular weight excluding hydrogens is 637 g/mol. The summed E-state index contributed by atoms with van der Waals surface area (Å²) in [6.07, 6.45) is 22.0. The van der Waals surface area contributed by atoms with E-state index in [-0.39, 0.29) is 0 Å². The van der Waals surface area contributed by atoms with Crippen LogP contribution >= 0.6 is 0 Å². The molecule has 0 amide bonds. The predicted octanol–water partition coefficient (Wildman–Crippen LogP) is 13.9. The third kappa shape index (κ3) is 6.50. The first-order chi connectivity index (χ1) is 25.7. The van der Waals surface area contributed by atoms with E-state index in [1.165, 1.54) is 21.8 Å². The SMILES string of the molecule is C=N/C(=C\C=C/c1oc2c(ccc3c4cc(-n5c6ccccc6c6ccccc65)ccc4oc32)c1/C=C/C)c1ccccc1.C\C=C/C=C\C=C\C. The van der Waals surface area contributed by atoms with E-state index in [9.17, 15) is 0 Å². The fourth-order valence-electron chi connectivity index (χ4n) is 6.64. The number of nitrogens with zero attached hydrogens (tertiary/aromatic N) is 2. The van der Waals surface area contributed by atoms with Gasteiger partial charge in [0.1, 0.15) is 11.3 Å². The normalized spacial score (nSPS) is 12.7. The van der Waals surface area contributed by atoms with Gasteiger partial charge in [0, 0.05) is 43.7 Å². The summed E-state index contributed by atoms with van der Waals surface area (Å²) >= 11 is 0. The van der Waals surface area contributed by atoms with Crippen LogP contribution in [0.25, 0.3) is 78.3 Å². The van der Waals surface area contributed by atoms with Crippen molar-refractivity contribution in [1.82, 2.24) is 4.57 Å². The highest BCUT2D eigenvalue weighted by atomic mass is 16.4. The topological polar surface area (TPSA) is 43.6 Å². The van der Waals surface area contributed by atoms with Crippen molar-refractivity contribution in [3.63, 3.8) is 0 Å². The molecule has 0 saturated carbocycles. The molecule has 0 aliphatic carbocycles. The molecule has 0 aliphatic heterocycles. The van der Waals surface area contributed by atoms with E-state index in [0.717, 1.165) is 61.2 Å². The zero-order valence-electron chi connectivity index (χ0n) is 29.7. The number of rotatable bonds is 8. The van der Waals surface area contributed by atoms with Gasteiger partial charge >= 0.3 is 0 Å². The van der Waals surface area contributed by atoms with Crippen molar-refractivity contribution in [2.24, 2.45) is 4.99 Å². The first-order valence-electron chi connectivity index (χ1n) is 17.5. The Balaban J connectivity index is 0.000000474. The van der Waals surface area contributed by atoms with Gasteiger partial charge in [0.15, 0.2) is 11.2 Å². The van der Waals surface area contributed by atoms with Crippen molar-refractivity contribution in [2.45, 2.75) is 20.8 Å². The van der Waals surface area contributed by atoms with Crippen LogP contribution in [0, 0.1) is 0 Å². The number of hydrogen-bond acceptors (Lipinski definition) is 3. The minimum Gasteiger partial charge on any atom is -0.452 e. The maximum Gasteiger partial charge on any atom is 0.178 e. The second-order valence-corrected chi connectivity index (χ2v) is 12.2. The molecule has 3 heterocycles. The Morgan fingerprint density at radius 3 is 1.87 bits per heavy atom. The maximum atomic E-state index is 6.52. The van der Waals surface area contributed by atoms with Crippen molar-refractivity contribution in [1.29, 1.82) is 0 Å². The Morgan fingerprint density at radius 1 is 0.577 bits per heavy atom. The van der Waals surface area contributed by atoms with Crippen molar-refractivity contribution in [3.05, 3.63) is 181 Å². The largest absolute Gasteiger partial charge is 0.452 e. The second-order valence-electron chi connectivity index (χ2n) is 12.2. The van der Waals surface area contributed by atoms with Crippen LogP contribution < -0.4 is 0 Å². The van der Waals surface area contributed by atoms with Crippen LogP contribution in [0.3, 0.4) is 0 Å². The average molecular weight is 677 g/mol. The fraction of sp³-hybridized carbons (Fsp3) is 0.0625. The number of para-hydroxylation sites is 2. The van der Waals surface area contributed by atoms with Gasteiger partial charge in [0.2, 0.25) is 0 Å². The molecule has 0 bridgehead atoms. The van der Waals surface area contributed by atoms with Gasteiger partial charge in [-0.1, -0.05) is 121 Å². The summed E-state index contributed by atoms with van der Waals surface area (Å²) in [5.74, 6) is 0.754. The van der Waals surface area contributed by atoms with Gasteiger partial charge in [-0.15, -0.1) is 0 Å². The highest BCUT2D eigenvalue weighted by molar-refractivity contribution is 6.16. The minimum absolute atomic E-state index is 0.735. The Morgan fingerprint density at radius 2 is 1.21 bits per heavy atom. The molecule has 0 fully saturated rings. The number of fused-ring (bicyclic) bond motifs is 8. The van der Waals surface area contributed by atoms with E-state index in [0.29, 0.717) is 0 Å². The third-order valence-electron chi connectivity index (χ3n) is 8.98. The molecule has 8 rings (SSSR count). The lowest BCUT2D eigenvalue weighted by molar-refractivity contribution is 0.590. The van der Waals surface area contributed by atoms with Gasteiger partial charge in [-0.25, -0.2) is 0 Å². The van der Waals surface area contributed by atoms with Crippen molar-refractivity contribution >= 4 is 79.3 Å². The molecule has 5 aromatic carbocycles. The molecular formula is C48H40N2O2. The predicted molar refractivity (Wildman–Crippen MR) is 224 cm³/mol. The smallest absolute Gasteiger partial charge is 0.178 e. The Labute approximate surface area is 304 Å². The first kappa shape index (κ1) is 33.8. The number of aliphatic imine (C=N–C) groups is 1. The molecule has 0 atom stereocenters. The van der Waals surface area contributed by atoms with E-state index >= 15 is 0 Å².